The van der Waals surface area contributed by atoms with Gasteiger partial charge in [-0.1, -0.05) is 0 Å². The molecule has 0 amide bonds. The largest absolute Gasteiger partial charge is 0.478 e. The standard InChI is InChI=1S/C12H10IN4O2P/c1-16-6-9(12(18)19)8-2-3-10(15-11(8)16)7-4-14-17(5-7)20-13/h2-6,20H,1H3,(H,18,19). The third-order valence-corrected chi connectivity index (χ3v) is 4.92. The number of rotatable bonds is 3. The molecule has 0 radical (unpaired) electrons. The van der Waals surface area contributed by atoms with Crippen molar-refractivity contribution in [2.75, 3.05) is 0 Å². The van der Waals surface area contributed by atoms with Crippen LogP contribution in [0.5, 0.6) is 0 Å². The van der Waals surface area contributed by atoms with E-state index in [-0.39, 0.29) is 5.56 Å². The van der Waals surface area contributed by atoms with Gasteiger partial charge in [-0.2, -0.15) is 5.10 Å². The van der Waals surface area contributed by atoms with Gasteiger partial charge < -0.3 is 9.67 Å². The Kier molecular flexibility index (Phi) is 3.47. The fraction of sp³-hybridized carbons (Fsp3) is 0.0833. The molecule has 0 bridgehead atoms. The SMILES string of the molecule is Cn1cc(C(=O)O)c2ccc(-c3cnn(PI)c3)nc21. The maximum Gasteiger partial charge on any atom is 0.337 e. The van der Waals surface area contributed by atoms with Crippen LogP contribution < -0.4 is 0 Å². The number of aromatic nitrogens is 4. The van der Waals surface area contributed by atoms with E-state index in [9.17, 15) is 4.79 Å². The maximum absolute atomic E-state index is 11.2. The van der Waals surface area contributed by atoms with Crippen LogP contribution in [0.4, 0.5) is 0 Å². The van der Waals surface area contributed by atoms with E-state index in [1.807, 2.05) is 16.7 Å². The third kappa shape index (κ3) is 2.20. The third-order valence-electron chi connectivity index (χ3n) is 3.02. The smallest absolute Gasteiger partial charge is 0.337 e. The van der Waals surface area contributed by atoms with Crippen LogP contribution in [0.25, 0.3) is 22.3 Å². The van der Waals surface area contributed by atoms with Crippen molar-refractivity contribution < 1.29 is 9.90 Å². The number of aromatic carboxylic acids is 1. The second-order valence-electron chi connectivity index (χ2n) is 4.28. The van der Waals surface area contributed by atoms with Crippen molar-refractivity contribution in [1.82, 2.24) is 19.1 Å². The molecule has 0 saturated heterocycles. The Morgan fingerprint density at radius 2 is 2.20 bits per heavy atom. The molecule has 6 nitrogen and oxygen atoms in total. The Labute approximate surface area is 129 Å². The average molecular weight is 400 g/mol. The van der Waals surface area contributed by atoms with Gasteiger partial charge in [-0.25, -0.2) is 14.2 Å². The molecule has 3 heterocycles. The van der Waals surface area contributed by atoms with E-state index in [1.54, 1.807) is 30.1 Å². The van der Waals surface area contributed by atoms with Crippen LogP contribution in [0.2, 0.25) is 0 Å². The minimum Gasteiger partial charge on any atom is -0.478 e. The number of hydrogen-bond acceptors (Lipinski definition) is 3. The molecule has 20 heavy (non-hydrogen) atoms. The van der Waals surface area contributed by atoms with Crippen molar-refractivity contribution in [3.63, 3.8) is 0 Å². The monoisotopic (exact) mass is 400 g/mol. The highest BCUT2D eigenvalue weighted by Gasteiger charge is 2.14. The number of nitrogens with zero attached hydrogens (tertiary/aromatic N) is 4. The van der Waals surface area contributed by atoms with Gasteiger partial charge in [0.1, 0.15) is 5.65 Å². The van der Waals surface area contributed by atoms with Gasteiger partial charge in [0.2, 0.25) is 0 Å². The molecule has 8 heteroatoms. The van der Waals surface area contributed by atoms with Crippen LogP contribution in [0.1, 0.15) is 10.4 Å². The molecule has 1 unspecified atom stereocenters. The summed E-state index contributed by atoms with van der Waals surface area (Å²) in [5.41, 5.74) is 2.64. The molecule has 0 aromatic carbocycles. The molecule has 0 aliphatic rings. The molecule has 0 aliphatic heterocycles. The summed E-state index contributed by atoms with van der Waals surface area (Å²) in [6, 6.07) is 3.62. The second-order valence-corrected chi connectivity index (χ2v) is 6.36. The minimum absolute atomic E-state index is 0.269. The van der Waals surface area contributed by atoms with E-state index in [0.29, 0.717) is 17.4 Å². The van der Waals surface area contributed by atoms with Gasteiger partial charge >= 0.3 is 5.97 Å². The lowest BCUT2D eigenvalue weighted by Gasteiger charge is -1.99. The van der Waals surface area contributed by atoms with E-state index >= 15 is 0 Å². The fourth-order valence-electron chi connectivity index (χ4n) is 2.08. The number of carbonyl (C=O) groups is 1. The molecule has 1 atom stereocenters. The summed E-state index contributed by atoms with van der Waals surface area (Å²) in [5, 5.41) is 14.0. The zero-order chi connectivity index (χ0) is 14.3. The van der Waals surface area contributed by atoms with E-state index in [2.05, 4.69) is 32.1 Å². The molecular formula is C12H10IN4O2P. The van der Waals surface area contributed by atoms with Crippen molar-refractivity contribution in [2.24, 2.45) is 7.05 Å². The van der Waals surface area contributed by atoms with E-state index in [4.69, 9.17) is 5.11 Å². The van der Waals surface area contributed by atoms with Gasteiger partial charge in [0.15, 0.2) is 0 Å². The number of carboxylic acids is 1. The Balaban J connectivity index is 2.15. The molecule has 3 aromatic rings. The van der Waals surface area contributed by atoms with Gasteiger partial charge in [0.25, 0.3) is 0 Å². The van der Waals surface area contributed by atoms with Crippen molar-refractivity contribution in [2.45, 2.75) is 0 Å². The Morgan fingerprint density at radius 3 is 2.85 bits per heavy atom. The van der Waals surface area contributed by atoms with Gasteiger partial charge in [-0.3, -0.25) is 0 Å². The fourth-order valence-corrected chi connectivity index (χ4v) is 3.17. The zero-order valence-corrected chi connectivity index (χ0v) is 13.6. The predicted molar refractivity (Wildman–Crippen MR) is 86.6 cm³/mol. The van der Waals surface area contributed by atoms with E-state index < -0.39 is 5.97 Å². The van der Waals surface area contributed by atoms with Crippen molar-refractivity contribution in [3.05, 3.63) is 36.3 Å². The Bertz CT molecular complexity index is 811. The topological polar surface area (TPSA) is 72.9 Å². The first-order valence-electron chi connectivity index (χ1n) is 5.71. The molecule has 0 fully saturated rings. The quantitative estimate of drug-likeness (QED) is 0.542. The normalized spacial score (nSPS) is 11.7. The lowest BCUT2D eigenvalue weighted by molar-refractivity contribution is 0.0699. The highest BCUT2D eigenvalue weighted by atomic mass is 127. The van der Waals surface area contributed by atoms with Crippen molar-refractivity contribution in [3.8, 4) is 11.3 Å². The van der Waals surface area contributed by atoms with Gasteiger partial charge in [0, 0.05) is 30.4 Å². The summed E-state index contributed by atoms with van der Waals surface area (Å²) in [7, 11) is 1.79. The number of halogens is 1. The summed E-state index contributed by atoms with van der Waals surface area (Å²) in [4.78, 5) is 15.7. The molecule has 102 valence electrons. The summed E-state index contributed by atoms with van der Waals surface area (Å²) in [5.74, 6) is -0.941. The number of pyridine rings is 1. The first kappa shape index (κ1) is 13.5. The average Bonchev–Trinajstić information content (AvgIpc) is 3.03. The number of carboxylic acid groups (broad SMARTS) is 1. The molecule has 0 saturated carbocycles. The van der Waals surface area contributed by atoms with Crippen LogP contribution in [0.3, 0.4) is 0 Å². The lowest BCUT2D eigenvalue weighted by Crippen LogP contribution is -1.93. The number of hydrogen-bond donors (Lipinski definition) is 1. The lowest BCUT2D eigenvalue weighted by atomic mass is 10.2. The van der Waals surface area contributed by atoms with Crippen LogP contribution in [0.15, 0.2) is 30.7 Å². The van der Waals surface area contributed by atoms with Crippen molar-refractivity contribution >= 4 is 45.4 Å². The number of aryl methyl sites for hydroxylation is 1. The summed E-state index contributed by atoms with van der Waals surface area (Å²) >= 11 is 2.25. The van der Waals surface area contributed by atoms with Gasteiger partial charge in [0.05, 0.1) is 23.8 Å². The molecule has 0 spiro atoms. The van der Waals surface area contributed by atoms with Crippen LogP contribution >= 0.6 is 28.4 Å². The minimum atomic E-state index is -0.941. The van der Waals surface area contributed by atoms with E-state index in [0.717, 1.165) is 11.3 Å². The predicted octanol–water partition coefficient (Wildman–Crippen LogP) is 2.93. The first-order chi connectivity index (χ1) is 9.60. The van der Waals surface area contributed by atoms with E-state index in [1.165, 1.54) is 0 Å². The van der Waals surface area contributed by atoms with Crippen LogP contribution in [-0.4, -0.2) is 30.2 Å². The zero-order valence-electron chi connectivity index (χ0n) is 10.4. The van der Waals surface area contributed by atoms with Crippen LogP contribution in [-0.2, 0) is 7.05 Å². The highest BCUT2D eigenvalue weighted by molar-refractivity contribution is 14.2. The second kappa shape index (κ2) is 5.14. The molecular weight excluding hydrogens is 390 g/mol. The van der Waals surface area contributed by atoms with Gasteiger partial charge in [-0.05, 0) is 34.2 Å². The molecule has 0 aliphatic carbocycles. The number of fused-ring (bicyclic) bond motifs is 1. The van der Waals surface area contributed by atoms with Crippen LogP contribution in [0, 0.1) is 0 Å². The summed E-state index contributed by atoms with van der Waals surface area (Å²) in [6.07, 6.45) is 5.82. The summed E-state index contributed by atoms with van der Waals surface area (Å²) in [6.45, 7) is 0. The molecule has 3 aromatic heterocycles. The summed E-state index contributed by atoms with van der Waals surface area (Å²) < 4.78 is 3.57. The maximum atomic E-state index is 11.2. The first-order valence-corrected chi connectivity index (χ1v) is 9.77. The van der Waals surface area contributed by atoms with Gasteiger partial charge in [-0.15, -0.1) is 0 Å². The molecule has 3 rings (SSSR count). The highest BCUT2D eigenvalue weighted by Crippen LogP contribution is 2.27. The van der Waals surface area contributed by atoms with Crippen molar-refractivity contribution in [1.29, 1.82) is 0 Å². The Morgan fingerprint density at radius 1 is 1.40 bits per heavy atom. The Hall–Kier alpha value is -1.47. The molecule has 1 N–H and O–H groups in total.